The van der Waals surface area contributed by atoms with Crippen LogP contribution in [0.5, 0.6) is 0 Å². The highest BCUT2D eigenvalue weighted by Crippen LogP contribution is 2.43. The molecule has 0 aliphatic heterocycles. The van der Waals surface area contributed by atoms with Gasteiger partial charge in [0.2, 0.25) is 0 Å². The van der Waals surface area contributed by atoms with Crippen LogP contribution in [0.4, 0.5) is 0 Å². The summed E-state index contributed by atoms with van der Waals surface area (Å²) in [6.45, 7) is 2.16. The van der Waals surface area contributed by atoms with Crippen molar-refractivity contribution in [3.05, 3.63) is 78.4 Å². The van der Waals surface area contributed by atoms with Gasteiger partial charge in [-0.05, 0) is 37.3 Å². The topological polar surface area (TPSA) is 17.6 Å². The molecule has 2 heteroatoms. The number of benzene rings is 4. The zero-order valence-electron chi connectivity index (χ0n) is 14.8. The molecule has 3 aromatic heterocycles. The van der Waals surface area contributed by atoms with E-state index in [2.05, 4.69) is 78.1 Å². The van der Waals surface area contributed by atoms with Gasteiger partial charge in [-0.25, -0.2) is 0 Å². The fraction of sp³-hybridized carbons (Fsp3) is 0.0400. The Balaban J connectivity index is 1.88. The van der Waals surface area contributed by atoms with Gasteiger partial charge in [0, 0.05) is 32.3 Å². The summed E-state index contributed by atoms with van der Waals surface area (Å²) in [6, 6.07) is 26.1. The number of furan rings is 1. The van der Waals surface area contributed by atoms with Crippen molar-refractivity contribution in [2.45, 2.75) is 6.92 Å². The van der Waals surface area contributed by atoms with Crippen molar-refractivity contribution in [3.63, 3.8) is 0 Å². The Labute approximate surface area is 154 Å². The molecule has 0 radical (unpaired) electrons. The molecule has 0 aliphatic carbocycles. The molecule has 0 N–H and O–H groups in total. The van der Waals surface area contributed by atoms with Crippen molar-refractivity contribution in [1.29, 1.82) is 0 Å². The number of hydrogen-bond acceptors (Lipinski definition) is 1. The summed E-state index contributed by atoms with van der Waals surface area (Å²) in [4.78, 5) is 0. The molecule has 2 nitrogen and oxygen atoms in total. The van der Waals surface area contributed by atoms with Crippen molar-refractivity contribution in [3.8, 4) is 0 Å². The third-order valence-electron chi connectivity index (χ3n) is 5.97. The zero-order valence-corrected chi connectivity index (χ0v) is 14.8. The molecular weight excluding hydrogens is 330 g/mol. The SMILES string of the molecule is Cc1ccc2c(c1)c1cccc3c4c5c(ccc4n2c13)oc1ccccc15. The second-order valence-electron chi connectivity index (χ2n) is 7.49. The Bertz CT molecular complexity index is 1680. The molecule has 126 valence electrons. The molecule has 0 unspecified atom stereocenters. The van der Waals surface area contributed by atoms with Gasteiger partial charge in [-0.2, -0.15) is 0 Å². The maximum atomic E-state index is 6.14. The summed E-state index contributed by atoms with van der Waals surface area (Å²) >= 11 is 0. The van der Waals surface area contributed by atoms with Crippen molar-refractivity contribution < 1.29 is 4.42 Å². The van der Waals surface area contributed by atoms with Gasteiger partial charge in [-0.15, -0.1) is 0 Å². The van der Waals surface area contributed by atoms with E-state index in [1.165, 1.54) is 54.4 Å². The van der Waals surface area contributed by atoms with Gasteiger partial charge in [-0.1, -0.05) is 48.0 Å². The first-order valence-corrected chi connectivity index (χ1v) is 9.30. The molecule has 0 bridgehead atoms. The molecule has 27 heavy (non-hydrogen) atoms. The molecule has 0 saturated heterocycles. The standard InChI is InChI=1S/C25H15NO/c1-14-9-10-19-18(13-14)15-6-4-7-17-23-20(26(19)25(15)17)11-12-22-24(23)16-5-2-3-8-21(16)27-22/h2-13H,1H3. The minimum absolute atomic E-state index is 0.949. The van der Waals surface area contributed by atoms with Crippen molar-refractivity contribution in [2.75, 3.05) is 0 Å². The van der Waals surface area contributed by atoms with E-state index in [9.17, 15) is 0 Å². The van der Waals surface area contributed by atoms with Gasteiger partial charge >= 0.3 is 0 Å². The second-order valence-corrected chi connectivity index (χ2v) is 7.49. The molecule has 0 amide bonds. The quantitative estimate of drug-likeness (QED) is 0.288. The first kappa shape index (κ1) is 13.7. The molecular formula is C25H15NO. The predicted molar refractivity (Wildman–Crippen MR) is 113 cm³/mol. The average Bonchev–Trinajstić information content (AvgIpc) is 3.33. The largest absolute Gasteiger partial charge is 0.456 e. The Kier molecular flexibility index (Phi) is 2.23. The molecule has 7 aromatic rings. The number of rotatable bonds is 0. The maximum absolute atomic E-state index is 6.14. The van der Waals surface area contributed by atoms with E-state index < -0.39 is 0 Å². The van der Waals surface area contributed by atoms with Crippen LogP contribution < -0.4 is 0 Å². The van der Waals surface area contributed by atoms with Gasteiger partial charge in [0.25, 0.3) is 0 Å². The van der Waals surface area contributed by atoms with E-state index >= 15 is 0 Å². The minimum atomic E-state index is 0.949. The van der Waals surface area contributed by atoms with Crippen LogP contribution in [0.2, 0.25) is 0 Å². The van der Waals surface area contributed by atoms with E-state index in [-0.39, 0.29) is 0 Å². The van der Waals surface area contributed by atoms with E-state index in [1.54, 1.807) is 0 Å². The summed E-state index contributed by atoms with van der Waals surface area (Å²) in [7, 11) is 0. The number of aromatic nitrogens is 1. The molecule has 0 fully saturated rings. The number of hydrogen-bond donors (Lipinski definition) is 0. The Morgan fingerprint density at radius 2 is 1.44 bits per heavy atom. The second kappa shape index (κ2) is 4.41. The number of aryl methyl sites for hydroxylation is 1. The van der Waals surface area contributed by atoms with E-state index in [4.69, 9.17) is 4.42 Å². The lowest BCUT2D eigenvalue weighted by Crippen LogP contribution is -1.81. The van der Waals surface area contributed by atoms with E-state index in [0.29, 0.717) is 0 Å². The summed E-state index contributed by atoms with van der Waals surface area (Å²) in [6.07, 6.45) is 0. The third-order valence-corrected chi connectivity index (χ3v) is 5.97. The highest BCUT2D eigenvalue weighted by Gasteiger charge is 2.20. The monoisotopic (exact) mass is 345 g/mol. The molecule has 0 saturated carbocycles. The normalized spacial score (nSPS) is 12.6. The Morgan fingerprint density at radius 1 is 0.630 bits per heavy atom. The molecule has 0 spiro atoms. The maximum Gasteiger partial charge on any atom is 0.136 e. The third kappa shape index (κ3) is 1.49. The van der Waals surface area contributed by atoms with Crippen LogP contribution in [-0.2, 0) is 0 Å². The van der Waals surface area contributed by atoms with Crippen molar-refractivity contribution in [1.82, 2.24) is 4.40 Å². The summed E-state index contributed by atoms with van der Waals surface area (Å²) < 4.78 is 8.57. The lowest BCUT2D eigenvalue weighted by atomic mass is 10.0. The van der Waals surface area contributed by atoms with Crippen LogP contribution >= 0.6 is 0 Å². The summed E-state index contributed by atoms with van der Waals surface area (Å²) in [5.74, 6) is 0. The fourth-order valence-corrected chi connectivity index (χ4v) is 4.90. The van der Waals surface area contributed by atoms with E-state index in [1.807, 2.05) is 6.07 Å². The molecule has 0 atom stereocenters. The van der Waals surface area contributed by atoms with Crippen molar-refractivity contribution in [2.24, 2.45) is 0 Å². The minimum Gasteiger partial charge on any atom is -0.456 e. The smallest absolute Gasteiger partial charge is 0.136 e. The van der Waals surface area contributed by atoms with Gasteiger partial charge < -0.3 is 8.82 Å². The van der Waals surface area contributed by atoms with Gasteiger partial charge in [-0.3, -0.25) is 0 Å². The van der Waals surface area contributed by atoms with Gasteiger partial charge in [0.1, 0.15) is 11.2 Å². The molecule has 0 aliphatic rings. The summed E-state index contributed by atoms with van der Waals surface area (Å²) in [5.41, 5.74) is 7.03. The van der Waals surface area contributed by atoms with Crippen LogP contribution in [0.15, 0.2) is 77.2 Å². The lowest BCUT2D eigenvalue weighted by Gasteiger charge is -2.00. The summed E-state index contributed by atoms with van der Waals surface area (Å²) in [5, 5.41) is 7.65. The molecule has 3 heterocycles. The van der Waals surface area contributed by atoms with Crippen LogP contribution in [0.1, 0.15) is 5.56 Å². The predicted octanol–water partition coefficient (Wildman–Crippen LogP) is 7.04. The number of para-hydroxylation sites is 2. The highest BCUT2D eigenvalue weighted by molar-refractivity contribution is 6.31. The average molecular weight is 345 g/mol. The highest BCUT2D eigenvalue weighted by atomic mass is 16.3. The molecule has 7 rings (SSSR count). The van der Waals surface area contributed by atoms with Crippen LogP contribution in [0.25, 0.3) is 60.0 Å². The number of nitrogens with zero attached hydrogens (tertiary/aromatic N) is 1. The van der Waals surface area contributed by atoms with Crippen LogP contribution in [-0.4, -0.2) is 4.40 Å². The Hall–Kier alpha value is -3.52. The Morgan fingerprint density at radius 3 is 2.41 bits per heavy atom. The van der Waals surface area contributed by atoms with Crippen LogP contribution in [0, 0.1) is 6.92 Å². The van der Waals surface area contributed by atoms with Crippen molar-refractivity contribution >= 4 is 60.0 Å². The lowest BCUT2D eigenvalue weighted by molar-refractivity contribution is 0.669. The number of fused-ring (bicyclic) bond motifs is 10. The van der Waals surface area contributed by atoms with Gasteiger partial charge in [0.15, 0.2) is 0 Å². The first-order valence-electron chi connectivity index (χ1n) is 9.30. The molecule has 4 aromatic carbocycles. The first-order chi connectivity index (χ1) is 13.3. The fourth-order valence-electron chi connectivity index (χ4n) is 4.90. The zero-order chi connectivity index (χ0) is 17.7. The van der Waals surface area contributed by atoms with Gasteiger partial charge in [0.05, 0.1) is 16.6 Å². The van der Waals surface area contributed by atoms with Crippen LogP contribution in [0.3, 0.4) is 0 Å². The van der Waals surface area contributed by atoms with E-state index in [0.717, 1.165) is 11.2 Å².